The summed E-state index contributed by atoms with van der Waals surface area (Å²) in [6.07, 6.45) is -13.1. The molecule has 0 unspecified atom stereocenters. The van der Waals surface area contributed by atoms with Crippen LogP contribution in [0.2, 0.25) is 0 Å². The van der Waals surface area contributed by atoms with Crippen LogP contribution in [0.4, 0.5) is 0 Å². The van der Waals surface area contributed by atoms with Crippen molar-refractivity contribution >= 4 is 17.9 Å². The molecule has 18 nitrogen and oxygen atoms in total. The Labute approximate surface area is 244 Å². The van der Waals surface area contributed by atoms with Crippen LogP contribution in [0.1, 0.15) is 38.6 Å². The molecule has 10 N–H and O–H groups in total. The molecule has 0 aromatic heterocycles. The molecule has 2 aromatic carbocycles. The molecule has 9 atom stereocenters. The first-order valence-electron chi connectivity index (χ1n) is 12.8. The number of phenols is 5. The highest BCUT2D eigenvalue weighted by Crippen LogP contribution is 2.61. The van der Waals surface area contributed by atoms with Crippen LogP contribution in [0.25, 0.3) is 0 Å². The molecule has 2 bridgehead atoms. The van der Waals surface area contributed by atoms with Crippen LogP contribution in [-0.4, -0.2) is 124 Å². The van der Waals surface area contributed by atoms with E-state index in [9.17, 15) is 65.4 Å². The van der Waals surface area contributed by atoms with Crippen LogP contribution in [0.15, 0.2) is 18.2 Å². The van der Waals surface area contributed by atoms with Gasteiger partial charge in [-0.2, -0.15) is 0 Å². The van der Waals surface area contributed by atoms with Crippen molar-refractivity contribution in [2.75, 3.05) is 6.61 Å². The smallest absolute Gasteiger partial charge is 0.343 e. The quantitative estimate of drug-likeness (QED) is 0.0941. The number of aliphatic hydroxyl groups excluding tert-OH is 3. The Bertz CT molecular complexity index is 1570. The van der Waals surface area contributed by atoms with Gasteiger partial charge in [-0.15, -0.1) is 0 Å². The monoisotopic (exact) mass is 624 g/mol. The van der Waals surface area contributed by atoms with Crippen LogP contribution in [-0.2, 0) is 23.7 Å². The fourth-order valence-electron chi connectivity index (χ4n) is 5.98. The Morgan fingerprint density at radius 3 is 2.20 bits per heavy atom. The number of carbonyl (C=O) groups is 3. The number of carbonyl (C=O) groups excluding carboxylic acids is 3. The number of rotatable bonds is 3. The lowest BCUT2D eigenvalue weighted by molar-refractivity contribution is -0.290. The second kappa shape index (κ2) is 9.71. The van der Waals surface area contributed by atoms with E-state index in [4.69, 9.17) is 23.7 Å². The highest BCUT2D eigenvalue weighted by atomic mass is 16.7. The number of hydrogen-bond acceptors (Lipinski definition) is 18. The van der Waals surface area contributed by atoms with Crippen molar-refractivity contribution in [3.63, 3.8) is 0 Å². The summed E-state index contributed by atoms with van der Waals surface area (Å²) in [5, 5.41) is 105. The summed E-state index contributed by atoms with van der Waals surface area (Å²) in [5.74, 6) is -14.9. The minimum absolute atomic E-state index is 0.549. The van der Waals surface area contributed by atoms with Crippen LogP contribution in [0.3, 0.4) is 0 Å². The Morgan fingerprint density at radius 2 is 1.57 bits per heavy atom. The summed E-state index contributed by atoms with van der Waals surface area (Å²) in [4.78, 5) is 40.0. The Hall–Kier alpha value is -4.59. The number of benzene rings is 2. The topological polar surface area (TPSA) is 300 Å². The third-order valence-corrected chi connectivity index (χ3v) is 8.09. The standard InChI is InChI=1S/C26H24O18/c27-5-11-18-17(34)19(23(40-11)43-21(35)6-1-7(28)15(32)8(29)2-6)41-22(36)14-13-10(3-9(30)16(14)33)44-26(39)12(31)4-25(38,20(13)26)24(37)42-18/h1-3,11-12,17-20,23,27-34,38-39H,4-5H2/t11-,12-,17+,18-,19-,20-,23+,25-,26+/m1/s1. The van der Waals surface area contributed by atoms with Gasteiger partial charge in [0.15, 0.2) is 46.6 Å². The second-order valence-electron chi connectivity index (χ2n) is 10.7. The predicted octanol–water partition coefficient (Wildman–Crippen LogP) is -2.74. The number of fused-ring (bicyclic) bond motifs is 2. The Morgan fingerprint density at radius 1 is 0.932 bits per heavy atom. The molecule has 6 rings (SSSR count). The average molecular weight is 624 g/mol. The lowest BCUT2D eigenvalue weighted by Gasteiger charge is -2.42. The average Bonchev–Trinajstić information content (AvgIpc) is 3.36. The van der Waals surface area contributed by atoms with Crippen molar-refractivity contribution in [2.45, 2.75) is 60.5 Å². The normalized spacial score (nSPS) is 35.5. The van der Waals surface area contributed by atoms with Gasteiger partial charge in [0, 0.05) is 18.1 Å². The highest BCUT2D eigenvalue weighted by Gasteiger charge is 2.73. The van der Waals surface area contributed by atoms with Crippen molar-refractivity contribution in [1.82, 2.24) is 0 Å². The van der Waals surface area contributed by atoms with E-state index >= 15 is 0 Å². The van der Waals surface area contributed by atoms with Gasteiger partial charge in [-0.3, -0.25) is 0 Å². The number of ether oxygens (including phenoxy) is 5. The van der Waals surface area contributed by atoms with Crippen molar-refractivity contribution in [3.8, 4) is 34.5 Å². The van der Waals surface area contributed by atoms with E-state index in [2.05, 4.69) is 0 Å². The molecule has 44 heavy (non-hydrogen) atoms. The maximum absolute atomic E-state index is 13.6. The predicted molar refractivity (Wildman–Crippen MR) is 131 cm³/mol. The number of aliphatic hydroxyl groups is 5. The van der Waals surface area contributed by atoms with Crippen molar-refractivity contribution in [3.05, 3.63) is 34.9 Å². The van der Waals surface area contributed by atoms with Gasteiger partial charge in [0.25, 0.3) is 0 Å². The fraction of sp³-hybridized carbons (Fsp3) is 0.423. The zero-order valence-corrected chi connectivity index (χ0v) is 21.9. The number of phenolic OH excluding ortho intramolecular Hbond substituents is 5. The van der Waals surface area contributed by atoms with E-state index in [-0.39, 0.29) is 0 Å². The van der Waals surface area contributed by atoms with E-state index in [1.165, 1.54) is 0 Å². The van der Waals surface area contributed by atoms with Gasteiger partial charge in [0.2, 0.25) is 12.1 Å². The number of esters is 3. The summed E-state index contributed by atoms with van der Waals surface area (Å²) >= 11 is 0. The first-order valence-corrected chi connectivity index (χ1v) is 12.8. The lowest BCUT2D eigenvalue weighted by atomic mass is 9.81. The third-order valence-electron chi connectivity index (χ3n) is 8.09. The van der Waals surface area contributed by atoms with Crippen LogP contribution in [0.5, 0.6) is 34.5 Å². The molecule has 1 saturated carbocycles. The largest absolute Gasteiger partial charge is 0.504 e. The van der Waals surface area contributed by atoms with Crippen molar-refractivity contribution in [2.24, 2.45) is 0 Å². The zero-order chi connectivity index (χ0) is 32.0. The first-order chi connectivity index (χ1) is 20.6. The van der Waals surface area contributed by atoms with Gasteiger partial charge in [0.05, 0.1) is 18.1 Å². The molecule has 3 heterocycles. The summed E-state index contributed by atoms with van der Waals surface area (Å²) in [6, 6.07) is 2.12. The molecule has 1 aliphatic carbocycles. The SMILES string of the molecule is O=C(O[C@@H]1O[C@H](CO)[C@H]2OC(=O)[C@@]3(O)C[C@@H](O)[C@]4(O)Oc5cc(O)c(O)c(c5[C@@H]43)C(=O)O[C@@H]1[C@H]2O)c1cc(O)c(O)c(O)c1. The van der Waals surface area contributed by atoms with Gasteiger partial charge in [0.1, 0.15) is 29.6 Å². The molecule has 2 fully saturated rings. The zero-order valence-electron chi connectivity index (χ0n) is 21.9. The van der Waals surface area contributed by atoms with Gasteiger partial charge < -0.3 is 74.7 Å². The maximum Gasteiger partial charge on any atom is 0.343 e. The van der Waals surface area contributed by atoms with Crippen LogP contribution < -0.4 is 4.74 Å². The summed E-state index contributed by atoms with van der Waals surface area (Å²) in [6.45, 7) is -1.03. The fourth-order valence-corrected chi connectivity index (χ4v) is 5.98. The van der Waals surface area contributed by atoms with Gasteiger partial charge in [-0.05, 0) is 12.1 Å². The van der Waals surface area contributed by atoms with Crippen LogP contribution in [0, 0.1) is 0 Å². The second-order valence-corrected chi connectivity index (χ2v) is 10.7. The molecule has 0 spiro atoms. The number of aromatic hydroxyl groups is 5. The van der Waals surface area contributed by atoms with E-state index < -0.39 is 136 Å². The van der Waals surface area contributed by atoms with Gasteiger partial charge in [-0.25, -0.2) is 14.4 Å². The summed E-state index contributed by atoms with van der Waals surface area (Å²) in [5.41, 5.74) is -5.03. The van der Waals surface area contributed by atoms with E-state index in [1.54, 1.807) is 0 Å². The molecule has 0 radical (unpaired) electrons. The summed E-state index contributed by atoms with van der Waals surface area (Å²) < 4.78 is 26.7. The molecular formula is C26H24O18. The maximum atomic E-state index is 13.6. The molecular weight excluding hydrogens is 600 g/mol. The Kier molecular flexibility index (Phi) is 6.50. The van der Waals surface area contributed by atoms with Gasteiger partial charge in [-0.1, -0.05) is 0 Å². The number of hydrogen-bond donors (Lipinski definition) is 10. The van der Waals surface area contributed by atoms with E-state index in [0.717, 1.165) is 6.07 Å². The minimum Gasteiger partial charge on any atom is -0.504 e. The van der Waals surface area contributed by atoms with Crippen molar-refractivity contribution < 1.29 is 89.1 Å². The molecule has 2 aromatic rings. The summed E-state index contributed by atoms with van der Waals surface area (Å²) in [7, 11) is 0. The van der Waals surface area contributed by atoms with E-state index in [1.807, 2.05) is 0 Å². The molecule has 3 aliphatic heterocycles. The lowest BCUT2D eigenvalue weighted by Crippen LogP contribution is -2.62. The molecule has 1 saturated heterocycles. The van der Waals surface area contributed by atoms with Gasteiger partial charge >= 0.3 is 17.9 Å². The molecule has 0 amide bonds. The van der Waals surface area contributed by atoms with Crippen molar-refractivity contribution in [1.29, 1.82) is 0 Å². The molecule has 236 valence electrons. The Balaban J connectivity index is 1.46. The molecule has 18 heteroatoms. The first kappa shape index (κ1) is 29.5. The third kappa shape index (κ3) is 4.00. The highest BCUT2D eigenvalue weighted by molar-refractivity contribution is 5.98. The van der Waals surface area contributed by atoms with E-state index in [0.29, 0.717) is 12.1 Å². The molecule has 4 aliphatic rings. The minimum atomic E-state index is -2.90. The van der Waals surface area contributed by atoms with Crippen LogP contribution >= 0.6 is 0 Å².